The molecule has 1 aromatic heterocycles. The Morgan fingerprint density at radius 3 is 2.78 bits per heavy atom. The van der Waals surface area contributed by atoms with Gasteiger partial charge in [-0.3, -0.25) is 0 Å². The Kier molecular flexibility index (Phi) is 5.12. The van der Waals surface area contributed by atoms with Gasteiger partial charge in [-0.05, 0) is 19.9 Å². The molecule has 8 heteroatoms. The van der Waals surface area contributed by atoms with E-state index in [-0.39, 0.29) is 12.1 Å². The first-order chi connectivity index (χ1) is 11.1. The fraction of sp³-hybridized carbons (Fsp3) is 0.800. The van der Waals surface area contributed by atoms with E-state index in [9.17, 15) is 4.79 Å². The number of rotatable bonds is 3. The summed E-state index contributed by atoms with van der Waals surface area (Å²) in [6.07, 6.45) is 3.69. The first kappa shape index (κ1) is 16.2. The van der Waals surface area contributed by atoms with Gasteiger partial charge in [-0.2, -0.15) is 0 Å². The number of carbonyl (C=O) groups excluding carboxylic acids is 1. The second-order valence-electron chi connectivity index (χ2n) is 6.50. The summed E-state index contributed by atoms with van der Waals surface area (Å²) in [5.74, 6) is 1.41. The molecule has 23 heavy (non-hydrogen) atoms. The molecular weight excluding hydrogens is 296 g/mol. The van der Waals surface area contributed by atoms with Crippen LogP contribution in [-0.2, 0) is 11.8 Å². The normalized spacial score (nSPS) is 23.9. The second kappa shape index (κ2) is 7.27. The van der Waals surface area contributed by atoms with E-state index in [1.807, 2.05) is 16.5 Å². The highest BCUT2D eigenvalue weighted by Crippen LogP contribution is 2.25. The van der Waals surface area contributed by atoms with Crippen molar-refractivity contribution in [2.45, 2.75) is 24.9 Å². The Hall–Kier alpha value is -1.67. The van der Waals surface area contributed by atoms with Crippen LogP contribution in [0.15, 0.2) is 6.33 Å². The highest BCUT2D eigenvalue weighted by atomic mass is 16.5. The lowest BCUT2D eigenvalue weighted by Crippen LogP contribution is -2.50. The van der Waals surface area contributed by atoms with Gasteiger partial charge in [0.25, 0.3) is 0 Å². The van der Waals surface area contributed by atoms with Crippen LogP contribution in [0.2, 0.25) is 0 Å². The largest absolute Gasteiger partial charge is 0.374 e. The number of morpholine rings is 1. The van der Waals surface area contributed by atoms with Gasteiger partial charge in [0, 0.05) is 45.7 Å². The monoisotopic (exact) mass is 322 g/mol. The maximum atomic E-state index is 12.3. The van der Waals surface area contributed by atoms with Gasteiger partial charge in [-0.15, -0.1) is 10.2 Å². The third-order valence-electron chi connectivity index (χ3n) is 4.72. The average Bonchev–Trinajstić information content (AvgIpc) is 2.99. The van der Waals surface area contributed by atoms with Crippen LogP contribution in [0.4, 0.5) is 4.79 Å². The van der Waals surface area contributed by atoms with Crippen LogP contribution in [0, 0.1) is 0 Å². The number of urea groups is 1. The number of ether oxygens (including phenoxy) is 1. The van der Waals surface area contributed by atoms with Gasteiger partial charge in [0.15, 0.2) is 0 Å². The van der Waals surface area contributed by atoms with Gasteiger partial charge >= 0.3 is 6.03 Å². The van der Waals surface area contributed by atoms with Crippen molar-refractivity contribution in [3.05, 3.63) is 12.2 Å². The van der Waals surface area contributed by atoms with Crippen LogP contribution in [0.25, 0.3) is 0 Å². The molecule has 128 valence electrons. The molecule has 8 nitrogen and oxygen atoms in total. The Balaban J connectivity index is 1.42. The topological polar surface area (TPSA) is 75.5 Å². The zero-order chi connectivity index (χ0) is 16.2. The lowest BCUT2D eigenvalue weighted by Gasteiger charge is -2.33. The van der Waals surface area contributed by atoms with Crippen LogP contribution in [0.1, 0.15) is 24.6 Å². The second-order valence-corrected chi connectivity index (χ2v) is 6.50. The predicted molar refractivity (Wildman–Crippen MR) is 85.2 cm³/mol. The van der Waals surface area contributed by atoms with Crippen molar-refractivity contribution in [3.8, 4) is 0 Å². The summed E-state index contributed by atoms with van der Waals surface area (Å²) in [4.78, 5) is 16.4. The fourth-order valence-corrected chi connectivity index (χ4v) is 3.31. The van der Waals surface area contributed by atoms with Gasteiger partial charge in [-0.25, -0.2) is 4.79 Å². The predicted octanol–water partition coefficient (Wildman–Crippen LogP) is 0.0347. The number of carbonyl (C=O) groups is 1. The van der Waals surface area contributed by atoms with E-state index < -0.39 is 0 Å². The number of piperidine rings is 1. The van der Waals surface area contributed by atoms with E-state index >= 15 is 0 Å². The molecule has 0 aromatic carbocycles. The molecule has 0 saturated carbocycles. The minimum atomic E-state index is 0.0123. The van der Waals surface area contributed by atoms with Crippen molar-refractivity contribution in [2.75, 3.05) is 46.4 Å². The number of aromatic nitrogens is 3. The molecular formula is C15H26N6O2. The van der Waals surface area contributed by atoms with E-state index in [0.717, 1.165) is 51.5 Å². The van der Waals surface area contributed by atoms with E-state index in [1.54, 1.807) is 6.33 Å². The highest BCUT2D eigenvalue weighted by molar-refractivity contribution is 5.74. The third-order valence-corrected chi connectivity index (χ3v) is 4.72. The van der Waals surface area contributed by atoms with Gasteiger partial charge in [-0.1, -0.05) is 0 Å². The molecule has 1 aromatic rings. The molecule has 3 heterocycles. The number of aryl methyl sites for hydroxylation is 1. The Morgan fingerprint density at radius 1 is 1.35 bits per heavy atom. The number of likely N-dealkylation sites (N-methyl/N-ethyl adjacent to an activating group) is 1. The molecule has 0 radical (unpaired) electrons. The number of hydrogen-bond acceptors (Lipinski definition) is 5. The Bertz CT molecular complexity index is 526. The zero-order valence-electron chi connectivity index (χ0n) is 13.9. The molecule has 0 spiro atoms. The molecule has 2 fully saturated rings. The van der Waals surface area contributed by atoms with Gasteiger partial charge in [0.1, 0.15) is 12.2 Å². The van der Waals surface area contributed by atoms with Gasteiger partial charge in [0.05, 0.1) is 12.7 Å². The van der Waals surface area contributed by atoms with Gasteiger partial charge < -0.3 is 24.4 Å². The summed E-state index contributed by atoms with van der Waals surface area (Å²) in [6.45, 7) is 4.66. The zero-order valence-corrected chi connectivity index (χ0v) is 13.9. The van der Waals surface area contributed by atoms with E-state index in [4.69, 9.17) is 4.74 Å². The van der Waals surface area contributed by atoms with Crippen molar-refractivity contribution in [2.24, 2.45) is 7.05 Å². The number of nitrogens with one attached hydrogen (secondary N) is 1. The van der Waals surface area contributed by atoms with Crippen LogP contribution in [-0.4, -0.2) is 83.1 Å². The first-order valence-corrected chi connectivity index (χ1v) is 8.30. The standard InChI is InChI=1S/C15H26N6O2/c1-19-7-8-23-13(10-19)9-16-15(22)21-5-3-12(4-6-21)14-18-17-11-20(14)2/h11-13H,3-10H2,1-2H3,(H,16,22)/t13-/m1/s1. The van der Waals surface area contributed by atoms with E-state index in [2.05, 4.69) is 27.5 Å². The molecule has 2 amide bonds. The van der Waals surface area contributed by atoms with Crippen molar-refractivity contribution < 1.29 is 9.53 Å². The van der Waals surface area contributed by atoms with Crippen LogP contribution >= 0.6 is 0 Å². The lowest BCUT2D eigenvalue weighted by molar-refractivity contribution is -0.0173. The molecule has 2 aliphatic heterocycles. The first-order valence-electron chi connectivity index (χ1n) is 8.30. The molecule has 2 saturated heterocycles. The maximum Gasteiger partial charge on any atom is 0.317 e. The van der Waals surface area contributed by atoms with Crippen LogP contribution in [0.3, 0.4) is 0 Å². The number of hydrogen-bond donors (Lipinski definition) is 1. The number of likely N-dealkylation sites (tertiary alicyclic amines) is 1. The maximum absolute atomic E-state index is 12.3. The lowest BCUT2D eigenvalue weighted by atomic mass is 9.96. The van der Waals surface area contributed by atoms with Crippen LogP contribution < -0.4 is 5.32 Å². The summed E-state index contributed by atoms with van der Waals surface area (Å²) in [7, 11) is 4.05. The van der Waals surface area contributed by atoms with E-state index in [0.29, 0.717) is 12.5 Å². The van der Waals surface area contributed by atoms with E-state index in [1.165, 1.54) is 0 Å². The molecule has 2 aliphatic rings. The SMILES string of the molecule is CN1CCO[C@H](CNC(=O)N2CCC(c3nncn3C)CC2)C1. The molecule has 0 aliphatic carbocycles. The summed E-state index contributed by atoms with van der Waals surface area (Å²) >= 11 is 0. The highest BCUT2D eigenvalue weighted by Gasteiger charge is 2.27. The summed E-state index contributed by atoms with van der Waals surface area (Å²) in [5.41, 5.74) is 0. The average molecular weight is 322 g/mol. The number of amides is 2. The summed E-state index contributed by atoms with van der Waals surface area (Å²) in [5, 5.41) is 11.1. The molecule has 1 atom stereocenters. The van der Waals surface area contributed by atoms with Crippen LogP contribution in [0.5, 0.6) is 0 Å². The van der Waals surface area contributed by atoms with Gasteiger partial charge in [0.2, 0.25) is 0 Å². The summed E-state index contributed by atoms with van der Waals surface area (Å²) < 4.78 is 7.64. The number of nitrogens with zero attached hydrogens (tertiary/aromatic N) is 5. The van der Waals surface area contributed by atoms with Crippen molar-refractivity contribution in [3.63, 3.8) is 0 Å². The fourth-order valence-electron chi connectivity index (χ4n) is 3.31. The Morgan fingerprint density at radius 2 is 2.13 bits per heavy atom. The van der Waals surface area contributed by atoms with Crippen molar-refractivity contribution in [1.29, 1.82) is 0 Å². The Labute approximate surface area is 136 Å². The summed E-state index contributed by atoms with van der Waals surface area (Å²) in [6, 6.07) is 0.0123. The molecule has 0 bridgehead atoms. The quantitative estimate of drug-likeness (QED) is 0.850. The third kappa shape index (κ3) is 4.00. The van der Waals surface area contributed by atoms with Crippen molar-refractivity contribution >= 4 is 6.03 Å². The smallest absolute Gasteiger partial charge is 0.317 e. The molecule has 3 rings (SSSR count). The van der Waals surface area contributed by atoms with Crippen molar-refractivity contribution in [1.82, 2.24) is 29.9 Å². The molecule has 0 unspecified atom stereocenters. The minimum absolute atomic E-state index is 0.0123. The molecule has 1 N–H and O–H groups in total. The minimum Gasteiger partial charge on any atom is -0.374 e.